The van der Waals surface area contributed by atoms with Crippen molar-refractivity contribution in [1.82, 2.24) is 0 Å². The van der Waals surface area contributed by atoms with Crippen LogP contribution in [0.15, 0.2) is 24.3 Å². The van der Waals surface area contributed by atoms with Gasteiger partial charge in [-0.2, -0.15) is 0 Å². The van der Waals surface area contributed by atoms with Gasteiger partial charge in [-0.1, -0.05) is 24.3 Å². The van der Waals surface area contributed by atoms with Crippen LogP contribution in [-0.2, 0) is 27.4 Å². The zero-order valence-corrected chi connectivity index (χ0v) is 9.55. The molecule has 3 N–H and O–H groups in total. The van der Waals surface area contributed by atoms with E-state index >= 15 is 0 Å². The van der Waals surface area contributed by atoms with E-state index in [0.29, 0.717) is 0 Å². The molecule has 0 spiro atoms. The maximum Gasteiger partial charge on any atom is 0.320 e. The minimum absolute atomic E-state index is 0.223. The van der Waals surface area contributed by atoms with Gasteiger partial charge in [0, 0.05) is 6.92 Å². The first-order chi connectivity index (χ1) is 7.99. The summed E-state index contributed by atoms with van der Waals surface area (Å²) in [5, 5.41) is 8.66. The average Bonchev–Trinajstić information content (AvgIpc) is 2.28. The number of carbonyl (C=O) groups is 2. The summed E-state index contributed by atoms with van der Waals surface area (Å²) in [5.41, 5.74) is 7.11. The lowest BCUT2D eigenvalue weighted by molar-refractivity contribution is -0.142. The third-order valence-corrected chi connectivity index (χ3v) is 2.24. The van der Waals surface area contributed by atoms with Crippen LogP contribution in [0.3, 0.4) is 0 Å². The largest absolute Gasteiger partial charge is 0.480 e. The Morgan fingerprint density at radius 2 is 1.82 bits per heavy atom. The minimum atomic E-state index is -1.02. The fraction of sp³-hybridized carbons (Fsp3) is 0.333. The van der Waals surface area contributed by atoms with Crippen molar-refractivity contribution in [1.29, 1.82) is 0 Å². The van der Waals surface area contributed by atoms with Crippen LogP contribution in [0, 0.1) is 0 Å². The average molecular weight is 237 g/mol. The summed E-state index contributed by atoms with van der Waals surface area (Å²) in [6.45, 7) is 1.57. The molecule has 0 aromatic heterocycles. The molecule has 1 aromatic carbocycles. The zero-order valence-electron chi connectivity index (χ0n) is 9.55. The molecule has 0 aliphatic heterocycles. The third-order valence-electron chi connectivity index (χ3n) is 2.24. The smallest absolute Gasteiger partial charge is 0.320 e. The van der Waals surface area contributed by atoms with Gasteiger partial charge in [0.15, 0.2) is 0 Å². The zero-order chi connectivity index (χ0) is 12.8. The molecule has 1 unspecified atom stereocenters. The van der Waals surface area contributed by atoms with Gasteiger partial charge in [-0.15, -0.1) is 0 Å². The maximum absolute atomic E-state index is 10.6. The number of esters is 1. The Hall–Kier alpha value is -1.88. The predicted octanol–water partition coefficient (Wildman–Crippen LogP) is 0.704. The second-order valence-electron chi connectivity index (χ2n) is 3.75. The van der Waals surface area contributed by atoms with Gasteiger partial charge in [-0.25, -0.2) is 0 Å². The van der Waals surface area contributed by atoms with Crippen LogP contribution in [0.5, 0.6) is 0 Å². The van der Waals surface area contributed by atoms with Crippen LogP contribution in [0.2, 0.25) is 0 Å². The first kappa shape index (κ1) is 13.2. The normalized spacial score (nSPS) is 11.9. The molecular weight excluding hydrogens is 222 g/mol. The van der Waals surface area contributed by atoms with Crippen molar-refractivity contribution >= 4 is 11.9 Å². The first-order valence-corrected chi connectivity index (χ1v) is 5.18. The lowest BCUT2D eigenvalue weighted by atomic mass is 10.1. The van der Waals surface area contributed by atoms with E-state index < -0.39 is 12.0 Å². The number of rotatable bonds is 5. The number of carboxylic acid groups (broad SMARTS) is 1. The van der Waals surface area contributed by atoms with E-state index in [-0.39, 0.29) is 19.0 Å². The minimum Gasteiger partial charge on any atom is -0.480 e. The summed E-state index contributed by atoms with van der Waals surface area (Å²) in [7, 11) is 0. The number of benzene rings is 1. The fourth-order valence-corrected chi connectivity index (χ4v) is 1.30. The highest BCUT2D eigenvalue weighted by Gasteiger charge is 2.11. The topological polar surface area (TPSA) is 89.6 Å². The van der Waals surface area contributed by atoms with Gasteiger partial charge in [0.2, 0.25) is 0 Å². The first-order valence-electron chi connectivity index (χ1n) is 5.18. The molecule has 1 atom stereocenters. The SMILES string of the molecule is CC(=O)OCc1ccc(CC(N)C(=O)O)cc1. The molecule has 92 valence electrons. The molecule has 17 heavy (non-hydrogen) atoms. The van der Waals surface area contributed by atoms with Gasteiger partial charge in [-0.05, 0) is 17.5 Å². The molecule has 0 aliphatic carbocycles. The molecule has 5 nitrogen and oxygen atoms in total. The van der Waals surface area contributed by atoms with Gasteiger partial charge in [0.1, 0.15) is 12.6 Å². The van der Waals surface area contributed by atoms with E-state index in [9.17, 15) is 9.59 Å². The molecule has 5 heteroatoms. The molecular formula is C12H15NO4. The summed E-state index contributed by atoms with van der Waals surface area (Å²) < 4.78 is 4.83. The highest BCUT2D eigenvalue weighted by molar-refractivity contribution is 5.73. The molecule has 0 radical (unpaired) electrons. The Labute approximate surface area is 99.2 Å². The van der Waals surface area contributed by atoms with Crippen molar-refractivity contribution in [3.05, 3.63) is 35.4 Å². The molecule has 0 fully saturated rings. The summed E-state index contributed by atoms with van der Waals surface area (Å²) >= 11 is 0. The monoisotopic (exact) mass is 237 g/mol. The Morgan fingerprint density at radius 1 is 1.29 bits per heavy atom. The second-order valence-corrected chi connectivity index (χ2v) is 3.75. The van der Waals surface area contributed by atoms with E-state index in [0.717, 1.165) is 11.1 Å². The van der Waals surface area contributed by atoms with Gasteiger partial charge in [-0.3, -0.25) is 9.59 Å². The number of hydrogen-bond acceptors (Lipinski definition) is 4. The van der Waals surface area contributed by atoms with Gasteiger partial charge in [0.05, 0.1) is 0 Å². The molecule has 0 heterocycles. The van der Waals surface area contributed by atoms with Crippen molar-refractivity contribution in [2.75, 3.05) is 0 Å². The molecule has 0 amide bonds. The molecule has 0 saturated heterocycles. The summed E-state index contributed by atoms with van der Waals surface area (Å²) in [6.07, 6.45) is 0.281. The summed E-state index contributed by atoms with van der Waals surface area (Å²) in [4.78, 5) is 21.2. The Kier molecular flexibility index (Phi) is 4.66. The third kappa shape index (κ3) is 4.65. The number of nitrogens with two attached hydrogens (primary N) is 1. The van der Waals surface area contributed by atoms with Crippen molar-refractivity contribution in [2.24, 2.45) is 5.73 Å². The van der Waals surface area contributed by atoms with Crippen LogP contribution >= 0.6 is 0 Å². The Balaban J connectivity index is 2.55. The number of hydrogen-bond donors (Lipinski definition) is 2. The maximum atomic E-state index is 10.6. The van der Waals surface area contributed by atoms with Crippen LogP contribution in [0.1, 0.15) is 18.1 Å². The van der Waals surface area contributed by atoms with E-state index in [1.807, 2.05) is 0 Å². The van der Waals surface area contributed by atoms with E-state index in [1.165, 1.54) is 6.92 Å². The second kappa shape index (κ2) is 6.00. The highest BCUT2D eigenvalue weighted by atomic mass is 16.5. The lowest BCUT2D eigenvalue weighted by Gasteiger charge is -2.07. The van der Waals surface area contributed by atoms with Gasteiger partial charge < -0.3 is 15.6 Å². The van der Waals surface area contributed by atoms with Gasteiger partial charge >= 0.3 is 11.9 Å². The molecule has 1 rings (SSSR count). The van der Waals surface area contributed by atoms with Crippen LogP contribution < -0.4 is 5.73 Å². The summed E-state index contributed by atoms with van der Waals surface area (Å²) in [6, 6.07) is 6.23. The van der Waals surface area contributed by atoms with Crippen molar-refractivity contribution < 1.29 is 19.4 Å². The molecule has 0 saturated carbocycles. The van der Waals surface area contributed by atoms with Crippen LogP contribution in [0.4, 0.5) is 0 Å². The molecule has 1 aromatic rings. The van der Waals surface area contributed by atoms with Crippen molar-refractivity contribution in [2.45, 2.75) is 26.0 Å². The number of carboxylic acids is 1. The van der Waals surface area contributed by atoms with Crippen molar-refractivity contribution in [3.8, 4) is 0 Å². The molecule has 0 bridgehead atoms. The van der Waals surface area contributed by atoms with Crippen LogP contribution in [-0.4, -0.2) is 23.1 Å². The Bertz CT molecular complexity index is 399. The van der Waals surface area contributed by atoms with Gasteiger partial charge in [0.25, 0.3) is 0 Å². The van der Waals surface area contributed by atoms with E-state index in [1.54, 1.807) is 24.3 Å². The van der Waals surface area contributed by atoms with Crippen LogP contribution in [0.25, 0.3) is 0 Å². The number of aliphatic carboxylic acids is 1. The predicted molar refractivity (Wildman–Crippen MR) is 61.2 cm³/mol. The van der Waals surface area contributed by atoms with E-state index in [4.69, 9.17) is 15.6 Å². The summed E-state index contributed by atoms with van der Waals surface area (Å²) in [5.74, 6) is -1.35. The van der Waals surface area contributed by atoms with E-state index in [2.05, 4.69) is 0 Å². The standard InChI is InChI=1S/C12H15NO4/c1-8(14)17-7-10-4-2-9(3-5-10)6-11(13)12(15)16/h2-5,11H,6-7,13H2,1H3,(H,15,16). The quantitative estimate of drug-likeness (QED) is 0.736. The number of ether oxygens (including phenoxy) is 1. The fourth-order valence-electron chi connectivity index (χ4n) is 1.30. The number of carbonyl (C=O) groups excluding carboxylic acids is 1. The Morgan fingerprint density at radius 3 is 2.29 bits per heavy atom. The molecule has 0 aliphatic rings. The van der Waals surface area contributed by atoms with Crippen molar-refractivity contribution in [3.63, 3.8) is 0 Å². The lowest BCUT2D eigenvalue weighted by Crippen LogP contribution is -2.32. The highest BCUT2D eigenvalue weighted by Crippen LogP contribution is 2.07.